The van der Waals surface area contributed by atoms with Crippen molar-refractivity contribution < 1.29 is 37.5 Å². The number of aliphatic carboxylic acids is 2. The molecule has 0 aromatic carbocycles. The molecule has 0 aliphatic rings. The second kappa shape index (κ2) is 17.9. The maximum absolute atomic E-state index is 10.2. The van der Waals surface area contributed by atoms with Crippen molar-refractivity contribution in [2.75, 3.05) is 6.61 Å². The van der Waals surface area contributed by atoms with E-state index < -0.39 is 33.7 Å². The molecular weight excluding hydrogens is 387 g/mol. The monoisotopic (exact) mass is 420 g/mol. The van der Waals surface area contributed by atoms with Crippen LogP contribution in [0.5, 0.6) is 0 Å². The van der Waals surface area contributed by atoms with E-state index in [1.165, 1.54) is 85.7 Å². The van der Waals surface area contributed by atoms with E-state index in [2.05, 4.69) is 13.8 Å². The number of carboxylic acid groups (broad SMARTS) is 2. The summed E-state index contributed by atoms with van der Waals surface area (Å²) in [6.45, 7) is 5.48. The average Bonchev–Trinajstić information content (AvgIpc) is 2.57. The van der Waals surface area contributed by atoms with E-state index in [9.17, 15) is 18.0 Å². The molecule has 0 aliphatic heterocycles. The van der Waals surface area contributed by atoms with Gasteiger partial charge in [-0.25, -0.2) is 0 Å². The van der Waals surface area contributed by atoms with Crippen molar-refractivity contribution in [3.05, 3.63) is 0 Å². The minimum atomic E-state index is -4.84. The normalized spacial score (nSPS) is 13.4. The van der Waals surface area contributed by atoms with Crippen LogP contribution in [0.4, 0.5) is 0 Å². The zero-order valence-corrected chi connectivity index (χ0v) is 19.5. The van der Waals surface area contributed by atoms with Gasteiger partial charge in [-0.15, -0.1) is 0 Å². The van der Waals surface area contributed by atoms with Crippen LogP contribution in [0.1, 0.15) is 78.1 Å². The Kier molecular flexibility index (Phi) is 19.2. The maximum Gasteiger partial charge on any atom is 0.325 e. The van der Waals surface area contributed by atoms with Crippen molar-refractivity contribution in [2.24, 2.45) is 0 Å². The number of hydrogen-bond acceptors (Lipinski definition) is 5. The van der Waals surface area contributed by atoms with Crippen LogP contribution in [0.2, 0.25) is 0 Å². The Bertz CT molecular complexity index is 495. The average molecular weight is 421 g/mol. The summed E-state index contributed by atoms with van der Waals surface area (Å²) in [5.74, 6) is -3.50. The van der Waals surface area contributed by atoms with Crippen LogP contribution in [0.15, 0.2) is 0 Å². The quantitative estimate of drug-likeness (QED) is 0.209. The van der Waals surface area contributed by atoms with E-state index in [1.54, 1.807) is 0 Å². The van der Waals surface area contributed by atoms with Gasteiger partial charge in [0.15, 0.2) is 5.25 Å². The van der Waals surface area contributed by atoms with Crippen LogP contribution in [0.3, 0.4) is 0 Å². The molecule has 27 heavy (non-hydrogen) atoms. The molecule has 2 unspecified atom stereocenters. The third-order valence-electron chi connectivity index (χ3n) is 3.97. The van der Waals surface area contributed by atoms with E-state index in [1.807, 2.05) is 0 Å². The molecule has 0 aromatic heterocycles. The van der Waals surface area contributed by atoms with Crippen molar-refractivity contribution in [1.82, 2.24) is 0 Å². The van der Waals surface area contributed by atoms with Crippen LogP contribution in [-0.4, -0.2) is 78.3 Å². The Morgan fingerprint density at radius 1 is 0.963 bits per heavy atom. The number of carbonyl (C=O) groups is 2. The fourth-order valence-electron chi connectivity index (χ4n) is 2.12. The fourth-order valence-corrected chi connectivity index (χ4v) is 2.96. The van der Waals surface area contributed by atoms with Crippen LogP contribution < -0.4 is 0 Å². The Balaban J connectivity index is 0. The zero-order valence-electron chi connectivity index (χ0n) is 16.7. The van der Waals surface area contributed by atoms with Gasteiger partial charge < -0.3 is 10.2 Å². The molecule has 0 rings (SSSR count). The van der Waals surface area contributed by atoms with Gasteiger partial charge >= 0.3 is 126 Å². The molecule has 0 heterocycles. The van der Waals surface area contributed by atoms with Gasteiger partial charge in [0, 0.05) is 0 Å². The molecule has 0 bridgehead atoms. The van der Waals surface area contributed by atoms with Gasteiger partial charge in [0.25, 0.3) is 10.1 Å². The molecule has 2 atom stereocenters. The molecule has 156 valence electrons. The van der Waals surface area contributed by atoms with Crippen molar-refractivity contribution in [2.45, 2.75) is 86.7 Å². The second-order valence-electron chi connectivity index (χ2n) is 6.50. The molecule has 0 saturated carbocycles. The van der Waals surface area contributed by atoms with Gasteiger partial charge in [-0.2, -0.15) is 8.42 Å². The predicted molar refractivity (Wildman–Crippen MR) is 104 cm³/mol. The summed E-state index contributed by atoms with van der Waals surface area (Å²) in [4.78, 5) is 20.0. The SMILES string of the molecule is CCCCCCCCCCO[CH]([Na])CC.O=C(O)CC(C(=O)O)S(=O)(=O)O. The summed E-state index contributed by atoms with van der Waals surface area (Å²) in [5, 5.41) is 13.9. The van der Waals surface area contributed by atoms with Crippen LogP contribution in [-0.2, 0) is 24.4 Å². The summed E-state index contributed by atoms with van der Waals surface area (Å²) in [6, 6.07) is 0. The number of carboxylic acids is 2. The Morgan fingerprint density at radius 2 is 1.44 bits per heavy atom. The first-order chi connectivity index (χ1) is 12.6. The summed E-state index contributed by atoms with van der Waals surface area (Å²) in [7, 11) is -4.84. The molecular formula is C17H33NaO8S. The summed E-state index contributed by atoms with van der Waals surface area (Å²) < 4.78 is 35.0. The van der Waals surface area contributed by atoms with Gasteiger partial charge in [0.1, 0.15) is 0 Å². The van der Waals surface area contributed by atoms with Crippen LogP contribution in [0, 0.1) is 0 Å². The molecule has 0 fully saturated rings. The third-order valence-corrected chi connectivity index (χ3v) is 6.21. The Morgan fingerprint density at radius 3 is 1.78 bits per heavy atom. The zero-order chi connectivity index (χ0) is 21.3. The Hall–Kier alpha value is -0.190. The maximum atomic E-state index is 10.2. The summed E-state index contributed by atoms with van der Waals surface area (Å²) >= 11 is 1.19. The van der Waals surface area contributed by atoms with E-state index in [0.717, 1.165) is 6.61 Å². The van der Waals surface area contributed by atoms with E-state index >= 15 is 0 Å². The fraction of sp³-hybridized carbons (Fsp3) is 0.882. The summed E-state index contributed by atoms with van der Waals surface area (Å²) in [5.41, 5.74) is 0. The van der Waals surface area contributed by atoms with Crippen LogP contribution >= 0.6 is 0 Å². The van der Waals surface area contributed by atoms with Crippen LogP contribution in [0.25, 0.3) is 0 Å². The second-order valence-corrected chi connectivity index (χ2v) is 9.39. The number of hydrogen-bond donors (Lipinski definition) is 3. The van der Waals surface area contributed by atoms with Crippen molar-refractivity contribution in [3.63, 3.8) is 0 Å². The molecule has 0 aliphatic carbocycles. The molecule has 10 heteroatoms. The minimum Gasteiger partial charge on any atom is -0.481 e. The topological polar surface area (TPSA) is 138 Å². The third kappa shape index (κ3) is 20.4. The molecule has 0 spiro atoms. The van der Waals surface area contributed by atoms with Crippen molar-refractivity contribution in [1.29, 1.82) is 0 Å². The van der Waals surface area contributed by atoms with E-state index in [4.69, 9.17) is 19.5 Å². The number of unbranched alkanes of at least 4 members (excludes halogenated alkanes) is 7. The van der Waals surface area contributed by atoms with E-state index in [-0.39, 0.29) is 0 Å². The number of ether oxygens (including phenoxy) is 1. The molecule has 3 N–H and O–H groups in total. The molecule has 8 nitrogen and oxygen atoms in total. The summed E-state index contributed by atoms with van der Waals surface area (Å²) in [6.07, 6.45) is 11.2. The first kappa shape index (κ1) is 29.0. The van der Waals surface area contributed by atoms with Gasteiger partial charge in [-0.3, -0.25) is 14.1 Å². The first-order valence-corrected chi connectivity index (χ1v) is 12.2. The predicted octanol–water partition coefficient (Wildman–Crippen LogP) is 2.85. The molecule has 0 amide bonds. The smallest absolute Gasteiger partial charge is 0.325 e. The molecule has 0 aromatic rings. The van der Waals surface area contributed by atoms with Gasteiger partial charge in [-0.05, 0) is 0 Å². The van der Waals surface area contributed by atoms with Crippen molar-refractivity contribution in [3.8, 4) is 0 Å². The first-order valence-electron chi connectivity index (χ1n) is 9.58. The molecule has 0 radical (unpaired) electrons. The van der Waals surface area contributed by atoms with Gasteiger partial charge in [0.05, 0.1) is 6.42 Å². The van der Waals surface area contributed by atoms with Crippen molar-refractivity contribution >= 4 is 50.0 Å². The van der Waals surface area contributed by atoms with E-state index in [0.29, 0.717) is 3.35 Å². The van der Waals surface area contributed by atoms with Gasteiger partial charge in [-0.1, -0.05) is 0 Å². The van der Waals surface area contributed by atoms with Gasteiger partial charge in [0.2, 0.25) is 0 Å². The number of rotatable bonds is 15. The minimum absolute atomic E-state index is 0.592. The largest absolute Gasteiger partial charge is 0.481 e. The standard InChI is InChI=1S/C13H27O.C4H6O7S.Na/c1-3-5-6-7-8-9-10-11-13-14-12-4-2;5-3(6)1-2(4(7)8)12(9,10)11;/h12H,3-11,13H2,1-2H3;2H,1H2,(H,5,6)(H,7,8)(H,9,10,11);. The molecule has 0 saturated heterocycles. The Labute approximate surface area is 180 Å².